The number of rotatable bonds is 3. The van der Waals surface area contributed by atoms with Gasteiger partial charge in [0.15, 0.2) is 0 Å². The molecule has 0 spiro atoms. The zero-order valence-electron chi connectivity index (χ0n) is 11.8. The van der Waals surface area contributed by atoms with Crippen LogP contribution in [0.3, 0.4) is 0 Å². The molecule has 3 nitrogen and oxygen atoms in total. The molecule has 0 bridgehead atoms. The number of hydrogen-bond acceptors (Lipinski definition) is 2. The SMILES string of the molecule is Cc1ccc(C#N)cc1NC(=O)C1CC1c1ccccc1. The van der Waals surface area contributed by atoms with E-state index in [-0.39, 0.29) is 11.8 Å². The fourth-order valence-electron chi connectivity index (χ4n) is 2.61. The normalized spacial score (nSPS) is 19.6. The molecular formula is C18H16N2O. The van der Waals surface area contributed by atoms with Gasteiger partial charge in [0.2, 0.25) is 5.91 Å². The number of aryl methyl sites for hydroxylation is 1. The van der Waals surface area contributed by atoms with Gasteiger partial charge in [0.05, 0.1) is 11.6 Å². The minimum Gasteiger partial charge on any atom is -0.326 e. The van der Waals surface area contributed by atoms with Crippen molar-refractivity contribution in [1.29, 1.82) is 5.26 Å². The Kier molecular flexibility index (Phi) is 3.45. The number of nitrogens with one attached hydrogen (secondary N) is 1. The highest BCUT2D eigenvalue weighted by atomic mass is 16.2. The van der Waals surface area contributed by atoms with Crippen LogP contribution in [-0.4, -0.2) is 5.91 Å². The van der Waals surface area contributed by atoms with E-state index >= 15 is 0 Å². The predicted octanol–water partition coefficient (Wildman–Crippen LogP) is 3.61. The summed E-state index contributed by atoms with van der Waals surface area (Å²) in [6.07, 6.45) is 0.896. The minimum absolute atomic E-state index is 0.0394. The zero-order valence-corrected chi connectivity index (χ0v) is 11.8. The van der Waals surface area contributed by atoms with Gasteiger partial charge in [-0.3, -0.25) is 4.79 Å². The molecule has 0 heterocycles. The third kappa shape index (κ3) is 2.80. The Morgan fingerprint density at radius 1 is 1.24 bits per heavy atom. The van der Waals surface area contributed by atoms with E-state index in [2.05, 4.69) is 23.5 Å². The lowest BCUT2D eigenvalue weighted by molar-refractivity contribution is -0.117. The smallest absolute Gasteiger partial charge is 0.228 e. The molecule has 3 heteroatoms. The van der Waals surface area contributed by atoms with Crippen molar-refractivity contribution < 1.29 is 4.79 Å². The van der Waals surface area contributed by atoms with E-state index in [1.165, 1.54) is 5.56 Å². The van der Waals surface area contributed by atoms with Crippen molar-refractivity contribution in [1.82, 2.24) is 0 Å². The van der Waals surface area contributed by atoms with E-state index < -0.39 is 0 Å². The molecule has 3 rings (SSSR count). The van der Waals surface area contributed by atoms with Crippen molar-refractivity contribution in [2.75, 3.05) is 5.32 Å². The van der Waals surface area contributed by atoms with Crippen molar-refractivity contribution >= 4 is 11.6 Å². The van der Waals surface area contributed by atoms with Gasteiger partial charge in [-0.1, -0.05) is 36.4 Å². The fourth-order valence-corrected chi connectivity index (χ4v) is 2.61. The molecule has 1 N–H and O–H groups in total. The van der Waals surface area contributed by atoms with Gasteiger partial charge in [0, 0.05) is 11.6 Å². The Bertz CT molecular complexity index is 716. The molecule has 0 aliphatic heterocycles. The first-order chi connectivity index (χ1) is 10.2. The lowest BCUT2D eigenvalue weighted by Gasteiger charge is -2.08. The maximum Gasteiger partial charge on any atom is 0.228 e. The Morgan fingerprint density at radius 2 is 2.00 bits per heavy atom. The van der Waals surface area contributed by atoms with Gasteiger partial charge in [0.1, 0.15) is 0 Å². The molecule has 104 valence electrons. The second kappa shape index (κ2) is 5.41. The van der Waals surface area contributed by atoms with Crippen LogP contribution >= 0.6 is 0 Å². The largest absolute Gasteiger partial charge is 0.326 e. The van der Waals surface area contributed by atoms with Crippen LogP contribution in [0.25, 0.3) is 0 Å². The van der Waals surface area contributed by atoms with E-state index in [0.29, 0.717) is 11.5 Å². The molecule has 0 radical (unpaired) electrons. The molecule has 2 atom stereocenters. The number of nitrogens with zero attached hydrogens (tertiary/aromatic N) is 1. The van der Waals surface area contributed by atoms with Crippen molar-refractivity contribution in [2.24, 2.45) is 5.92 Å². The van der Waals surface area contributed by atoms with Gasteiger partial charge in [-0.15, -0.1) is 0 Å². The van der Waals surface area contributed by atoms with Crippen LogP contribution in [0.4, 0.5) is 5.69 Å². The first-order valence-corrected chi connectivity index (χ1v) is 7.05. The lowest BCUT2D eigenvalue weighted by Crippen LogP contribution is -2.15. The molecule has 2 aromatic rings. The van der Waals surface area contributed by atoms with Crippen LogP contribution in [0.5, 0.6) is 0 Å². The summed E-state index contributed by atoms with van der Waals surface area (Å²) in [4.78, 5) is 12.3. The number of anilines is 1. The third-order valence-electron chi connectivity index (χ3n) is 3.98. The van der Waals surface area contributed by atoms with Crippen molar-refractivity contribution in [3.8, 4) is 6.07 Å². The second-order valence-corrected chi connectivity index (χ2v) is 5.49. The van der Waals surface area contributed by atoms with Crippen LogP contribution in [-0.2, 0) is 4.79 Å². The van der Waals surface area contributed by atoms with Gasteiger partial charge in [-0.25, -0.2) is 0 Å². The van der Waals surface area contributed by atoms with E-state index in [1.54, 1.807) is 12.1 Å². The molecule has 0 aromatic heterocycles. The molecule has 1 fully saturated rings. The average Bonchev–Trinajstić information content (AvgIpc) is 3.31. The maximum atomic E-state index is 12.3. The zero-order chi connectivity index (χ0) is 14.8. The molecule has 1 amide bonds. The maximum absolute atomic E-state index is 12.3. The molecule has 1 aliphatic carbocycles. The molecule has 1 aliphatic rings. The number of nitriles is 1. The highest BCUT2D eigenvalue weighted by molar-refractivity contribution is 5.96. The first kappa shape index (κ1) is 13.4. The number of carbonyl (C=O) groups is 1. The molecule has 1 saturated carbocycles. The average molecular weight is 276 g/mol. The van der Waals surface area contributed by atoms with Gasteiger partial charge < -0.3 is 5.32 Å². The number of carbonyl (C=O) groups excluding carboxylic acids is 1. The molecule has 0 saturated heterocycles. The van der Waals surface area contributed by atoms with Gasteiger partial charge >= 0.3 is 0 Å². The highest BCUT2D eigenvalue weighted by Gasteiger charge is 2.43. The van der Waals surface area contributed by atoms with E-state index in [4.69, 9.17) is 5.26 Å². The van der Waals surface area contributed by atoms with E-state index in [9.17, 15) is 4.79 Å². The molecule has 2 unspecified atom stereocenters. The summed E-state index contributed by atoms with van der Waals surface area (Å²) < 4.78 is 0. The summed E-state index contributed by atoms with van der Waals surface area (Å²) in [6, 6.07) is 17.6. The standard InChI is InChI=1S/C18H16N2O/c1-12-7-8-13(11-19)9-17(12)20-18(21)16-10-15(16)14-5-3-2-4-6-14/h2-9,15-16H,10H2,1H3,(H,20,21). The summed E-state index contributed by atoms with van der Waals surface area (Å²) in [5.74, 6) is 0.408. The van der Waals surface area contributed by atoms with Crippen LogP contribution in [0, 0.1) is 24.2 Å². The quantitative estimate of drug-likeness (QED) is 0.931. The van der Waals surface area contributed by atoms with Gasteiger partial charge in [-0.2, -0.15) is 5.26 Å². The summed E-state index contributed by atoms with van der Waals surface area (Å²) in [5.41, 5.74) is 3.49. The van der Waals surface area contributed by atoms with Crippen molar-refractivity contribution in [3.63, 3.8) is 0 Å². The number of hydrogen-bond donors (Lipinski definition) is 1. The van der Waals surface area contributed by atoms with Crippen LogP contribution in [0.1, 0.15) is 29.0 Å². The Balaban J connectivity index is 1.70. The van der Waals surface area contributed by atoms with Gasteiger partial charge in [-0.05, 0) is 42.5 Å². The predicted molar refractivity (Wildman–Crippen MR) is 81.8 cm³/mol. The second-order valence-electron chi connectivity index (χ2n) is 5.49. The molecular weight excluding hydrogens is 260 g/mol. The number of benzene rings is 2. The Hall–Kier alpha value is -2.60. The topological polar surface area (TPSA) is 52.9 Å². The van der Waals surface area contributed by atoms with Crippen LogP contribution < -0.4 is 5.32 Å². The Labute approximate surface area is 124 Å². The van der Waals surface area contributed by atoms with Crippen LogP contribution in [0.2, 0.25) is 0 Å². The summed E-state index contributed by atoms with van der Waals surface area (Å²) in [7, 11) is 0. The lowest BCUT2D eigenvalue weighted by atomic mass is 10.1. The van der Waals surface area contributed by atoms with Crippen molar-refractivity contribution in [2.45, 2.75) is 19.3 Å². The number of amides is 1. The van der Waals surface area contributed by atoms with Crippen LogP contribution in [0.15, 0.2) is 48.5 Å². The first-order valence-electron chi connectivity index (χ1n) is 7.05. The summed E-state index contributed by atoms with van der Waals surface area (Å²) >= 11 is 0. The van der Waals surface area contributed by atoms with E-state index in [1.807, 2.05) is 31.2 Å². The fraction of sp³-hybridized carbons (Fsp3) is 0.222. The van der Waals surface area contributed by atoms with E-state index in [0.717, 1.165) is 17.7 Å². The summed E-state index contributed by atoms with van der Waals surface area (Å²) in [6.45, 7) is 1.93. The molecule has 2 aromatic carbocycles. The third-order valence-corrected chi connectivity index (χ3v) is 3.98. The summed E-state index contributed by atoms with van der Waals surface area (Å²) in [5, 5.41) is 11.9. The monoisotopic (exact) mass is 276 g/mol. The minimum atomic E-state index is 0.0394. The van der Waals surface area contributed by atoms with Gasteiger partial charge in [0.25, 0.3) is 0 Å². The highest BCUT2D eigenvalue weighted by Crippen LogP contribution is 2.47. The molecule has 21 heavy (non-hydrogen) atoms. The Morgan fingerprint density at radius 3 is 2.71 bits per heavy atom. The van der Waals surface area contributed by atoms with Crippen molar-refractivity contribution in [3.05, 3.63) is 65.2 Å².